The van der Waals surface area contributed by atoms with Crippen molar-refractivity contribution in [3.8, 4) is 24.7 Å². The van der Waals surface area contributed by atoms with Crippen LogP contribution in [0.4, 0.5) is 0 Å². The molecule has 0 aliphatic rings. The van der Waals surface area contributed by atoms with E-state index >= 15 is 0 Å². The fraction of sp³-hybridized carbons (Fsp3) is 0.500. The Morgan fingerprint density at radius 1 is 1.50 bits per heavy atom. The number of terminal acetylenes is 2. The maximum Gasteiger partial charge on any atom is 0.0306 e. The second-order valence-electron chi connectivity index (χ2n) is 1.68. The Balaban J connectivity index is 3.45. The third-order valence-corrected chi connectivity index (χ3v) is 1.09. The van der Waals surface area contributed by atoms with E-state index in [9.17, 15) is 0 Å². The van der Waals surface area contributed by atoms with E-state index in [4.69, 9.17) is 12.8 Å². The normalized spacial score (nSPS) is 11.4. The fourth-order valence-electron chi connectivity index (χ4n) is 0.463. The van der Waals surface area contributed by atoms with Gasteiger partial charge < -0.3 is 0 Å². The van der Waals surface area contributed by atoms with Gasteiger partial charge in [0.1, 0.15) is 0 Å². The largest absolute Gasteiger partial charge is 0.120 e. The van der Waals surface area contributed by atoms with Crippen LogP contribution in [0.25, 0.3) is 0 Å². The second kappa shape index (κ2) is 4.28. The average Bonchev–Trinajstić information content (AvgIpc) is 1.83. The molecule has 0 radical (unpaired) electrons. The molecule has 0 aliphatic heterocycles. The van der Waals surface area contributed by atoms with Crippen molar-refractivity contribution >= 4 is 0 Å². The van der Waals surface area contributed by atoms with Gasteiger partial charge in [0.2, 0.25) is 0 Å². The Bertz CT molecular complexity index is 120. The Labute approximate surface area is 51.3 Å². The van der Waals surface area contributed by atoms with Crippen LogP contribution in [0, 0.1) is 30.6 Å². The summed E-state index contributed by atoms with van der Waals surface area (Å²) in [6.45, 7) is 2.04. The summed E-state index contributed by atoms with van der Waals surface area (Å²) in [4.78, 5) is 0. The van der Waals surface area contributed by atoms with E-state index < -0.39 is 0 Å². The molecule has 0 heterocycles. The Morgan fingerprint density at radius 3 is 2.25 bits per heavy atom. The molecule has 1 unspecified atom stereocenters. The van der Waals surface area contributed by atoms with E-state index in [0.29, 0.717) is 12.3 Å². The van der Waals surface area contributed by atoms with Crippen LogP contribution >= 0.6 is 0 Å². The highest BCUT2D eigenvalue weighted by Gasteiger charge is 1.95. The fourth-order valence-corrected chi connectivity index (χ4v) is 0.463. The van der Waals surface area contributed by atoms with Gasteiger partial charge in [-0.05, 0) is 6.42 Å². The number of hydrogen-bond acceptors (Lipinski definition) is 0. The van der Waals surface area contributed by atoms with Crippen LogP contribution in [0.5, 0.6) is 0 Å². The third-order valence-electron chi connectivity index (χ3n) is 1.09. The summed E-state index contributed by atoms with van der Waals surface area (Å²) in [5, 5.41) is 0. The molecule has 0 aliphatic carbocycles. The topological polar surface area (TPSA) is 0 Å². The molecule has 0 spiro atoms. The predicted octanol–water partition coefficient (Wildman–Crippen LogP) is 1.67. The van der Waals surface area contributed by atoms with Gasteiger partial charge in [-0.1, -0.05) is 6.92 Å². The van der Waals surface area contributed by atoms with Crippen LogP contribution in [0.15, 0.2) is 0 Å². The maximum absolute atomic E-state index is 5.12. The first kappa shape index (κ1) is 7.12. The monoisotopic (exact) mass is 106 g/mol. The van der Waals surface area contributed by atoms with Gasteiger partial charge in [0, 0.05) is 12.3 Å². The second-order valence-corrected chi connectivity index (χ2v) is 1.68. The molecule has 8 heavy (non-hydrogen) atoms. The Morgan fingerprint density at radius 2 is 2.12 bits per heavy atom. The van der Waals surface area contributed by atoms with E-state index in [1.807, 2.05) is 6.92 Å². The molecule has 0 aromatic rings. The first-order valence-corrected chi connectivity index (χ1v) is 2.74. The minimum absolute atomic E-state index is 0.292. The number of hydrogen-bond donors (Lipinski definition) is 0. The first-order chi connectivity index (χ1) is 3.85. The third kappa shape index (κ3) is 2.32. The van der Waals surface area contributed by atoms with Gasteiger partial charge in [-0.15, -0.1) is 24.7 Å². The molecule has 0 amide bonds. The van der Waals surface area contributed by atoms with E-state index in [2.05, 4.69) is 11.8 Å². The van der Waals surface area contributed by atoms with Crippen molar-refractivity contribution < 1.29 is 0 Å². The van der Waals surface area contributed by atoms with Crippen LogP contribution in [0.3, 0.4) is 0 Å². The Hall–Kier alpha value is -0.880. The molecular weight excluding hydrogens is 96.1 g/mol. The highest BCUT2D eigenvalue weighted by atomic mass is 14.0. The van der Waals surface area contributed by atoms with Gasteiger partial charge in [-0.2, -0.15) is 0 Å². The molecule has 0 heteroatoms. The van der Waals surface area contributed by atoms with E-state index in [1.54, 1.807) is 0 Å². The van der Waals surface area contributed by atoms with Crippen molar-refractivity contribution in [1.29, 1.82) is 0 Å². The zero-order valence-corrected chi connectivity index (χ0v) is 5.15. The molecule has 0 N–H and O–H groups in total. The summed E-state index contributed by atoms with van der Waals surface area (Å²) >= 11 is 0. The minimum atomic E-state index is 0.292. The summed E-state index contributed by atoms with van der Waals surface area (Å²) in [6, 6.07) is 0. The smallest absolute Gasteiger partial charge is 0.0306 e. The molecule has 0 fully saturated rings. The zero-order valence-electron chi connectivity index (χ0n) is 5.15. The minimum Gasteiger partial charge on any atom is -0.120 e. The highest BCUT2D eigenvalue weighted by Crippen LogP contribution is 2.03. The van der Waals surface area contributed by atoms with Gasteiger partial charge in [-0.3, -0.25) is 0 Å². The molecule has 0 saturated heterocycles. The average molecular weight is 106 g/mol. The molecule has 1 atom stereocenters. The van der Waals surface area contributed by atoms with Crippen molar-refractivity contribution in [3.05, 3.63) is 0 Å². The summed E-state index contributed by atoms with van der Waals surface area (Å²) < 4.78 is 0. The standard InChI is InChI=1S/C8H10/c1-4-7-8(5-2)6-3/h1-2,8H,6-7H2,3H3. The van der Waals surface area contributed by atoms with Crippen LogP contribution in [0.2, 0.25) is 0 Å². The van der Waals surface area contributed by atoms with Crippen LogP contribution in [0.1, 0.15) is 19.8 Å². The molecule has 0 nitrogen and oxygen atoms in total. The van der Waals surface area contributed by atoms with Crippen LogP contribution < -0.4 is 0 Å². The lowest BCUT2D eigenvalue weighted by molar-refractivity contribution is 0.672. The molecule has 42 valence electrons. The molecule has 0 saturated carbocycles. The molecule has 0 bridgehead atoms. The zero-order chi connectivity index (χ0) is 6.41. The van der Waals surface area contributed by atoms with Crippen molar-refractivity contribution in [2.75, 3.05) is 0 Å². The lowest BCUT2D eigenvalue weighted by atomic mass is 10.1. The predicted molar refractivity (Wildman–Crippen MR) is 36.1 cm³/mol. The SMILES string of the molecule is C#CCC(C#C)CC. The lowest BCUT2D eigenvalue weighted by Gasteiger charge is -1.98. The number of rotatable bonds is 2. The van der Waals surface area contributed by atoms with Crippen molar-refractivity contribution in [1.82, 2.24) is 0 Å². The van der Waals surface area contributed by atoms with Crippen LogP contribution in [-0.4, -0.2) is 0 Å². The van der Waals surface area contributed by atoms with Gasteiger partial charge >= 0.3 is 0 Å². The highest BCUT2D eigenvalue weighted by molar-refractivity contribution is 4.99. The summed E-state index contributed by atoms with van der Waals surface area (Å²) in [6.07, 6.45) is 11.9. The van der Waals surface area contributed by atoms with Gasteiger partial charge in [0.05, 0.1) is 0 Å². The quantitative estimate of drug-likeness (QED) is 0.470. The summed E-state index contributed by atoms with van der Waals surface area (Å²) in [5.41, 5.74) is 0. The summed E-state index contributed by atoms with van der Waals surface area (Å²) in [5.74, 6) is 5.43. The molecular formula is C8H10. The van der Waals surface area contributed by atoms with Gasteiger partial charge in [0.15, 0.2) is 0 Å². The van der Waals surface area contributed by atoms with Crippen LogP contribution in [-0.2, 0) is 0 Å². The van der Waals surface area contributed by atoms with E-state index in [1.165, 1.54) is 0 Å². The van der Waals surface area contributed by atoms with E-state index in [-0.39, 0.29) is 0 Å². The lowest BCUT2D eigenvalue weighted by Crippen LogP contribution is -1.90. The van der Waals surface area contributed by atoms with E-state index in [0.717, 1.165) is 6.42 Å². The summed E-state index contributed by atoms with van der Waals surface area (Å²) in [7, 11) is 0. The Kier molecular flexibility index (Phi) is 3.81. The van der Waals surface area contributed by atoms with Crippen molar-refractivity contribution in [3.63, 3.8) is 0 Å². The molecule has 0 aromatic carbocycles. The first-order valence-electron chi connectivity index (χ1n) is 2.74. The van der Waals surface area contributed by atoms with Crippen molar-refractivity contribution in [2.24, 2.45) is 5.92 Å². The van der Waals surface area contributed by atoms with Gasteiger partial charge in [-0.25, -0.2) is 0 Å². The van der Waals surface area contributed by atoms with Crippen molar-refractivity contribution in [2.45, 2.75) is 19.8 Å². The molecule has 0 aromatic heterocycles. The molecule has 0 rings (SSSR count). The van der Waals surface area contributed by atoms with Gasteiger partial charge in [0.25, 0.3) is 0 Å². The maximum atomic E-state index is 5.12.